The number of ether oxygens (including phenoxy) is 1. The zero-order valence-electron chi connectivity index (χ0n) is 14.2. The lowest BCUT2D eigenvalue weighted by molar-refractivity contribution is -0.144. The highest BCUT2D eigenvalue weighted by molar-refractivity contribution is 7.19. The van der Waals surface area contributed by atoms with Gasteiger partial charge in [0.1, 0.15) is 5.01 Å². The molecule has 6 heteroatoms. The van der Waals surface area contributed by atoms with Gasteiger partial charge in [-0.3, -0.25) is 4.79 Å². The first kappa shape index (κ1) is 17.8. The molecule has 3 aromatic rings. The van der Waals surface area contributed by atoms with Crippen LogP contribution in [0.2, 0.25) is 0 Å². The van der Waals surface area contributed by atoms with Gasteiger partial charge in [0.15, 0.2) is 6.61 Å². The van der Waals surface area contributed by atoms with Gasteiger partial charge in [-0.1, -0.05) is 42.5 Å². The quantitative estimate of drug-likeness (QED) is 0.533. The molecule has 3 rings (SSSR count). The Morgan fingerprint density at radius 3 is 2.65 bits per heavy atom. The predicted octanol–water partition coefficient (Wildman–Crippen LogP) is 3.73. The minimum Gasteiger partial charge on any atom is -0.452 e. The van der Waals surface area contributed by atoms with Crippen molar-refractivity contribution >= 4 is 39.5 Å². The van der Waals surface area contributed by atoms with Crippen LogP contribution in [0.5, 0.6) is 0 Å². The standard InChI is InChI=1S/C20H18N2O3S/c1-14(15-7-3-2-4-8-15)21-18(23)13-25-20(24)12-11-19-22-16-9-5-6-10-17(16)26-19/h2-12,14H,13H2,1H3,(H,21,23)/b12-11+/t14-/m1/s1. The Kier molecular flexibility index (Phi) is 5.76. The highest BCUT2D eigenvalue weighted by Crippen LogP contribution is 2.22. The Morgan fingerprint density at radius 1 is 1.15 bits per heavy atom. The fourth-order valence-corrected chi connectivity index (χ4v) is 3.26. The summed E-state index contributed by atoms with van der Waals surface area (Å²) in [6.07, 6.45) is 2.88. The van der Waals surface area contributed by atoms with E-state index in [2.05, 4.69) is 10.3 Å². The number of nitrogens with zero attached hydrogens (tertiary/aromatic N) is 1. The molecule has 132 valence electrons. The van der Waals surface area contributed by atoms with Crippen molar-refractivity contribution in [1.82, 2.24) is 10.3 Å². The maximum absolute atomic E-state index is 11.9. The molecule has 1 atom stereocenters. The van der Waals surface area contributed by atoms with Crippen LogP contribution in [0.1, 0.15) is 23.5 Å². The van der Waals surface area contributed by atoms with Crippen molar-refractivity contribution in [3.63, 3.8) is 0 Å². The molecule has 0 bridgehead atoms. The van der Waals surface area contributed by atoms with Crippen LogP contribution >= 0.6 is 11.3 Å². The Hall–Kier alpha value is -2.99. The summed E-state index contributed by atoms with van der Waals surface area (Å²) >= 11 is 1.48. The molecule has 1 N–H and O–H groups in total. The minimum atomic E-state index is -0.577. The fourth-order valence-electron chi connectivity index (χ4n) is 2.39. The van der Waals surface area contributed by atoms with Crippen molar-refractivity contribution in [3.8, 4) is 0 Å². The molecule has 0 aliphatic carbocycles. The summed E-state index contributed by atoms with van der Waals surface area (Å²) in [5.74, 6) is -0.921. The third-order valence-corrected chi connectivity index (χ3v) is 4.70. The number of fused-ring (bicyclic) bond motifs is 1. The number of rotatable bonds is 6. The molecule has 2 aromatic carbocycles. The molecule has 26 heavy (non-hydrogen) atoms. The van der Waals surface area contributed by atoms with E-state index in [1.54, 1.807) is 6.08 Å². The highest BCUT2D eigenvalue weighted by atomic mass is 32.1. The van der Waals surface area contributed by atoms with Gasteiger partial charge in [0.25, 0.3) is 5.91 Å². The number of para-hydroxylation sites is 1. The maximum atomic E-state index is 11.9. The third-order valence-electron chi connectivity index (χ3n) is 3.70. The second-order valence-corrected chi connectivity index (χ2v) is 6.72. The average Bonchev–Trinajstić information content (AvgIpc) is 3.08. The van der Waals surface area contributed by atoms with E-state index in [-0.39, 0.29) is 18.6 Å². The monoisotopic (exact) mass is 366 g/mol. The van der Waals surface area contributed by atoms with Crippen LogP contribution in [0.3, 0.4) is 0 Å². The van der Waals surface area contributed by atoms with Gasteiger partial charge in [-0.25, -0.2) is 9.78 Å². The molecule has 0 spiro atoms. The summed E-state index contributed by atoms with van der Waals surface area (Å²) < 4.78 is 6.03. The molecule has 0 saturated carbocycles. The van der Waals surface area contributed by atoms with E-state index in [9.17, 15) is 9.59 Å². The van der Waals surface area contributed by atoms with Gasteiger partial charge in [-0.15, -0.1) is 11.3 Å². The second-order valence-electron chi connectivity index (χ2n) is 5.66. The molecule has 0 fully saturated rings. The summed E-state index contributed by atoms with van der Waals surface area (Å²) in [6.45, 7) is 1.56. The zero-order chi connectivity index (χ0) is 18.4. The van der Waals surface area contributed by atoms with E-state index in [0.29, 0.717) is 5.01 Å². The Labute approximate surface area is 155 Å². The maximum Gasteiger partial charge on any atom is 0.331 e. The molecule has 1 heterocycles. The molecule has 0 saturated heterocycles. The van der Waals surface area contributed by atoms with Gasteiger partial charge in [-0.2, -0.15) is 0 Å². The fraction of sp³-hybridized carbons (Fsp3) is 0.150. The lowest BCUT2D eigenvalue weighted by Crippen LogP contribution is -2.30. The summed E-state index contributed by atoms with van der Waals surface area (Å²) in [5, 5.41) is 3.51. The smallest absolute Gasteiger partial charge is 0.331 e. The van der Waals surface area contributed by atoms with Crippen LogP contribution in [0.25, 0.3) is 16.3 Å². The number of carbonyl (C=O) groups is 2. The molecule has 1 amide bonds. The van der Waals surface area contributed by atoms with E-state index in [0.717, 1.165) is 15.8 Å². The van der Waals surface area contributed by atoms with E-state index in [1.165, 1.54) is 17.4 Å². The topological polar surface area (TPSA) is 68.3 Å². The molecule has 0 aliphatic rings. The molecule has 1 aromatic heterocycles. The predicted molar refractivity (Wildman–Crippen MR) is 103 cm³/mol. The van der Waals surface area contributed by atoms with Gasteiger partial charge in [0, 0.05) is 6.08 Å². The molecule has 0 aliphatic heterocycles. The van der Waals surface area contributed by atoms with E-state index in [1.807, 2.05) is 61.5 Å². The number of hydrogen-bond acceptors (Lipinski definition) is 5. The SMILES string of the molecule is C[C@@H](NC(=O)COC(=O)/C=C/c1nc2ccccc2s1)c1ccccc1. The number of benzene rings is 2. The first-order valence-corrected chi connectivity index (χ1v) is 8.98. The van der Waals surface area contributed by atoms with Crippen molar-refractivity contribution in [2.45, 2.75) is 13.0 Å². The highest BCUT2D eigenvalue weighted by Gasteiger charge is 2.10. The van der Waals surface area contributed by atoms with Gasteiger partial charge in [0.05, 0.1) is 16.3 Å². The lowest BCUT2D eigenvalue weighted by atomic mass is 10.1. The first-order valence-electron chi connectivity index (χ1n) is 8.16. The largest absolute Gasteiger partial charge is 0.452 e. The van der Waals surface area contributed by atoms with Crippen LogP contribution in [0, 0.1) is 0 Å². The molecule has 0 unspecified atom stereocenters. The van der Waals surface area contributed by atoms with Crippen LogP contribution in [0.4, 0.5) is 0 Å². The number of aromatic nitrogens is 1. The molecule has 0 radical (unpaired) electrons. The number of nitrogens with one attached hydrogen (secondary N) is 1. The zero-order valence-corrected chi connectivity index (χ0v) is 15.0. The van der Waals surface area contributed by atoms with Crippen LogP contribution < -0.4 is 5.32 Å². The average molecular weight is 366 g/mol. The van der Waals surface area contributed by atoms with Gasteiger partial charge < -0.3 is 10.1 Å². The van der Waals surface area contributed by atoms with E-state index >= 15 is 0 Å². The summed E-state index contributed by atoms with van der Waals surface area (Å²) in [4.78, 5) is 28.1. The first-order chi connectivity index (χ1) is 12.6. The normalized spacial score (nSPS) is 12.2. The number of thiazole rings is 1. The summed E-state index contributed by atoms with van der Waals surface area (Å²) in [7, 11) is 0. The number of carbonyl (C=O) groups excluding carboxylic acids is 2. The Balaban J connectivity index is 1.48. The van der Waals surface area contributed by atoms with Crippen molar-refractivity contribution in [2.24, 2.45) is 0 Å². The van der Waals surface area contributed by atoms with Crippen molar-refractivity contribution in [3.05, 3.63) is 71.2 Å². The van der Waals surface area contributed by atoms with Gasteiger partial charge in [-0.05, 0) is 30.7 Å². The number of esters is 1. The van der Waals surface area contributed by atoms with Crippen LogP contribution in [-0.4, -0.2) is 23.5 Å². The summed E-state index contributed by atoms with van der Waals surface area (Å²) in [5.41, 5.74) is 1.88. The van der Waals surface area contributed by atoms with Gasteiger partial charge in [0.2, 0.25) is 0 Å². The molecule has 5 nitrogen and oxygen atoms in total. The van der Waals surface area contributed by atoms with Crippen molar-refractivity contribution in [2.75, 3.05) is 6.61 Å². The van der Waals surface area contributed by atoms with Crippen molar-refractivity contribution < 1.29 is 14.3 Å². The van der Waals surface area contributed by atoms with E-state index < -0.39 is 5.97 Å². The minimum absolute atomic E-state index is 0.152. The molecular formula is C20H18N2O3S. The second kappa shape index (κ2) is 8.40. The van der Waals surface area contributed by atoms with E-state index in [4.69, 9.17) is 4.74 Å². The lowest BCUT2D eigenvalue weighted by Gasteiger charge is -2.13. The number of hydrogen-bond donors (Lipinski definition) is 1. The summed E-state index contributed by atoms with van der Waals surface area (Å²) in [6, 6.07) is 17.2. The number of amides is 1. The van der Waals surface area contributed by atoms with Crippen molar-refractivity contribution in [1.29, 1.82) is 0 Å². The third kappa shape index (κ3) is 4.77. The Bertz CT molecular complexity index is 901. The van der Waals surface area contributed by atoms with Gasteiger partial charge >= 0.3 is 5.97 Å². The van der Waals surface area contributed by atoms with Crippen LogP contribution in [0.15, 0.2) is 60.7 Å². The Morgan fingerprint density at radius 2 is 1.88 bits per heavy atom. The van der Waals surface area contributed by atoms with Crippen LogP contribution in [-0.2, 0) is 14.3 Å². The molecular weight excluding hydrogens is 348 g/mol.